The van der Waals surface area contributed by atoms with E-state index in [9.17, 15) is 31.5 Å². The van der Waals surface area contributed by atoms with Crippen molar-refractivity contribution in [2.45, 2.75) is 82.4 Å². The average molecular weight is 630 g/mol. The van der Waals surface area contributed by atoms with Crippen molar-refractivity contribution in [1.29, 1.82) is 0 Å². The van der Waals surface area contributed by atoms with Crippen molar-refractivity contribution in [2.75, 3.05) is 6.54 Å². The summed E-state index contributed by atoms with van der Waals surface area (Å²) in [5, 5.41) is 13.5. The van der Waals surface area contributed by atoms with Crippen LogP contribution in [0.3, 0.4) is 0 Å². The Morgan fingerprint density at radius 2 is 2.00 bits per heavy atom. The van der Waals surface area contributed by atoms with E-state index >= 15 is 0 Å². The number of carbonyl (C=O) groups excluding carboxylic acids is 2. The summed E-state index contributed by atoms with van der Waals surface area (Å²) >= 11 is 6.44. The minimum absolute atomic E-state index is 0.0624. The maximum Gasteiger partial charge on any atom is 0.393 e. The first-order valence-corrected chi connectivity index (χ1v) is 14.8. The van der Waals surface area contributed by atoms with Crippen molar-refractivity contribution in [3.63, 3.8) is 0 Å². The molecule has 2 N–H and O–H groups in total. The summed E-state index contributed by atoms with van der Waals surface area (Å²) in [6.07, 6.45) is -2.09. The van der Waals surface area contributed by atoms with Gasteiger partial charge in [-0.05, 0) is 56.7 Å². The van der Waals surface area contributed by atoms with E-state index in [0.29, 0.717) is 34.8 Å². The second kappa shape index (κ2) is 12.0. The molecule has 4 atom stereocenters. The second-order valence-corrected chi connectivity index (χ2v) is 12.1. The predicted octanol–water partition coefficient (Wildman–Crippen LogP) is 5.40. The van der Waals surface area contributed by atoms with Gasteiger partial charge in [0.25, 0.3) is 5.91 Å². The summed E-state index contributed by atoms with van der Waals surface area (Å²) in [6, 6.07) is 2.51. The summed E-state index contributed by atoms with van der Waals surface area (Å²) < 4.78 is 71.3. The van der Waals surface area contributed by atoms with Crippen LogP contribution in [-0.4, -0.2) is 54.8 Å². The number of halogens is 6. The first kappa shape index (κ1) is 31.1. The van der Waals surface area contributed by atoms with Gasteiger partial charge in [-0.25, -0.2) is 18.3 Å². The molecule has 3 aromatic rings. The molecule has 0 spiro atoms. The third-order valence-electron chi connectivity index (χ3n) is 8.46. The predicted molar refractivity (Wildman–Crippen MR) is 147 cm³/mol. The molecule has 1 saturated carbocycles. The summed E-state index contributed by atoms with van der Waals surface area (Å²) in [6.45, 7) is 3.52. The molecule has 0 bridgehead atoms. The van der Waals surface area contributed by atoms with E-state index in [1.54, 1.807) is 25.3 Å². The summed E-state index contributed by atoms with van der Waals surface area (Å²) in [4.78, 5) is 30.5. The van der Waals surface area contributed by atoms with Crippen molar-refractivity contribution in [3.05, 3.63) is 47.2 Å². The topological polar surface area (TPSA) is 106 Å². The highest BCUT2D eigenvalue weighted by molar-refractivity contribution is 6.20. The van der Waals surface area contributed by atoms with Crippen LogP contribution in [-0.2, 0) is 17.8 Å². The maximum absolute atomic E-state index is 14.0. The SMILES string of the molecule is CCn1nccc1C(=O)NC(c1cn2nc(CC3C[C@@H](C(F)(F)F)CNC3=O)c(C(C)Cl)cc2n1)C1CCC(F)(F)CC1. The molecule has 2 aliphatic rings. The zero-order valence-electron chi connectivity index (χ0n) is 23.7. The van der Waals surface area contributed by atoms with Crippen LogP contribution in [0.25, 0.3) is 5.65 Å². The minimum atomic E-state index is -4.44. The largest absolute Gasteiger partial charge is 0.393 e. The van der Waals surface area contributed by atoms with Crippen LogP contribution < -0.4 is 10.6 Å². The molecule has 1 aliphatic carbocycles. The number of nitrogens with zero attached hydrogens (tertiary/aromatic N) is 5. The van der Waals surface area contributed by atoms with Gasteiger partial charge >= 0.3 is 6.18 Å². The van der Waals surface area contributed by atoms with Gasteiger partial charge in [-0.1, -0.05) is 0 Å². The molecule has 3 aromatic heterocycles. The fourth-order valence-electron chi connectivity index (χ4n) is 6.03. The van der Waals surface area contributed by atoms with Gasteiger partial charge < -0.3 is 10.6 Å². The molecule has 2 amide bonds. The van der Waals surface area contributed by atoms with E-state index in [2.05, 4.69) is 25.8 Å². The molecule has 0 radical (unpaired) electrons. The number of alkyl halides is 6. The van der Waals surface area contributed by atoms with Crippen LogP contribution in [0.1, 0.15) is 84.8 Å². The monoisotopic (exact) mass is 629 g/mol. The Balaban J connectivity index is 1.48. The lowest BCUT2D eigenvalue weighted by atomic mass is 9.81. The number of piperidine rings is 1. The molecule has 43 heavy (non-hydrogen) atoms. The van der Waals surface area contributed by atoms with Crippen molar-refractivity contribution in [3.8, 4) is 0 Å². The molecule has 4 heterocycles. The first-order chi connectivity index (χ1) is 20.3. The van der Waals surface area contributed by atoms with Gasteiger partial charge in [-0.2, -0.15) is 23.4 Å². The zero-order chi connectivity index (χ0) is 31.1. The van der Waals surface area contributed by atoms with E-state index in [1.165, 1.54) is 15.4 Å². The Morgan fingerprint density at radius 1 is 1.28 bits per heavy atom. The normalized spacial score (nSPS) is 22.7. The molecule has 0 aromatic carbocycles. The lowest BCUT2D eigenvalue weighted by Crippen LogP contribution is -2.47. The van der Waals surface area contributed by atoms with Crippen LogP contribution in [0.2, 0.25) is 0 Å². The number of amides is 2. The first-order valence-electron chi connectivity index (χ1n) is 14.3. The lowest BCUT2D eigenvalue weighted by Gasteiger charge is -2.33. The molecule has 1 saturated heterocycles. The highest BCUT2D eigenvalue weighted by Crippen LogP contribution is 2.42. The number of imidazole rings is 1. The highest BCUT2D eigenvalue weighted by Gasteiger charge is 2.45. The number of nitrogens with one attached hydrogen (secondary N) is 2. The van der Waals surface area contributed by atoms with Gasteiger partial charge in [0, 0.05) is 44.5 Å². The summed E-state index contributed by atoms with van der Waals surface area (Å²) in [5.74, 6) is -6.63. The Bertz CT molecular complexity index is 1480. The number of hydrogen-bond donors (Lipinski definition) is 2. The van der Waals surface area contributed by atoms with Crippen molar-refractivity contribution in [2.24, 2.45) is 17.8 Å². The van der Waals surface area contributed by atoms with Gasteiger partial charge in [0.2, 0.25) is 11.8 Å². The van der Waals surface area contributed by atoms with Gasteiger partial charge in [-0.15, -0.1) is 11.6 Å². The molecule has 1 aliphatic heterocycles. The van der Waals surface area contributed by atoms with Gasteiger partial charge in [0.1, 0.15) is 5.69 Å². The fourth-order valence-corrected chi connectivity index (χ4v) is 6.22. The van der Waals surface area contributed by atoms with Gasteiger partial charge in [0.15, 0.2) is 5.65 Å². The van der Waals surface area contributed by atoms with E-state index < -0.39 is 53.7 Å². The molecule has 3 unspecified atom stereocenters. The number of hydrogen-bond acceptors (Lipinski definition) is 5. The van der Waals surface area contributed by atoms with E-state index in [-0.39, 0.29) is 44.4 Å². The van der Waals surface area contributed by atoms with E-state index in [4.69, 9.17) is 11.6 Å². The van der Waals surface area contributed by atoms with Crippen molar-refractivity contribution >= 4 is 29.1 Å². The smallest absolute Gasteiger partial charge is 0.355 e. The number of carbonyl (C=O) groups is 2. The standard InChI is InChI=1S/C28H33ClF5N7O2/c1-3-40-22(6-9-36-40)26(43)38-24(16-4-7-27(30,31)8-5-16)21-14-41-23(37-21)12-19(15(2)29)20(39-41)11-17-10-18(28(32,33)34)13-35-25(17)42/h6,9,12,14-18,24H,3-5,7-8,10-11,13H2,1-2H3,(H,35,42)(H,38,43)/t15?,17?,18-,24?/m1/s1. The fraction of sp³-hybridized carbons (Fsp3) is 0.607. The Kier molecular flexibility index (Phi) is 8.70. The third kappa shape index (κ3) is 6.78. The molecule has 234 valence electrons. The molecule has 15 heteroatoms. The number of fused-ring (bicyclic) bond motifs is 1. The lowest BCUT2D eigenvalue weighted by molar-refractivity contribution is -0.183. The summed E-state index contributed by atoms with van der Waals surface area (Å²) in [7, 11) is 0. The van der Waals surface area contributed by atoms with Crippen LogP contribution in [0, 0.1) is 17.8 Å². The van der Waals surface area contributed by atoms with Gasteiger partial charge in [-0.3, -0.25) is 14.3 Å². The molecule has 2 fully saturated rings. The number of aromatic nitrogens is 5. The average Bonchev–Trinajstić information content (AvgIpc) is 3.58. The Morgan fingerprint density at radius 3 is 2.65 bits per heavy atom. The Labute approximate surface area is 249 Å². The minimum Gasteiger partial charge on any atom is -0.355 e. The second-order valence-electron chi connectivity index (χ2n) is 11.4. The van der Waals surface area contributed by atoms with Crippen molar-refractivity contribution in [1.82, 2.24) is 35.0 Å². The molecule has 9 nitrogen and oxygen atoms in total. The van der Waals surface area contributed by atoms with E-state index in [1.807, 2.05) is 6.92 Å². The Hall–Kier alpha value is -3.29. The third-order valence-corrected chi connectivity index (χ3v) is 8.70. The molecular weight excluding hydrogens is 597 g/mol. The van der Waals surface area contributed by atoms with Crippen LogP contribution in [0.4, 0.5) is 22.0 Å². The molecule has 5 rings (SSSR count). The highest BCUT2D eigenvalue weighted by atomic mass is 35.5. The van der Waals surface area contributed by atoms with Crippen LogP contribution in [0.5, 0.6) is 0 Å². The van der Waals surface area contributed by atoms with Crippen LogP contribution in [0.15, 0.2) is 24.5 Å². The molecular formula is C28H33ClF5N7O2. The quantitative estimate of drug-likeness (QED) is 0.256. The van der Waals surface area contributed by atoms with Gasteiger partial charge in [0.05, 0.1) is 34.9 Å². The number of aryl methyl sites for hydroxylation is 1. The van der Waals surface area contributed by atoms with Crippen LogP contribution >= 0.6 is 11.6 Å². The summed E-state index contributed by atoms with van der Waals surface area (Å²) in [5.41, 5.74) is 1.95. The van der Waals surface area contributed by atoms with Crippen molar-refractivity contribution < 1.29 is 31.5 Å². The zero-order valence-corrected chi connectivity index (χ0v) is 24.4. The van der Waals surface area contributed by atoms with E-state index in [0.717, 1.165) is 0 Å². The number of rotatable bonds is 8. The maximum atomic E-state index is 14.0.